The van der Waals surface area contributed by atoms with Crippen molar-refractivity contribution in [3.05, 3.63) is 36.0 Å². The van der Waals surface area contributed by atoms with Crippen molar-refractivity contribution in [2.75, 3.05) is 6.54 Å². The van der Waals surface area contributed by atoms with Crippen LogP contribution in [-0.2, 0) is 30.4 Å². The predicted octanol–water partition coefficient (Wildman–Crippen LogP) is -0.459. The molecule has 12 N–H and O–H groups in total. The summed E-state index contributed by atoms with van der Waals surface area (Å²) in [5.74, 6) is -4.82. The Bertz CT molecular complexity index is 1310. The van der Waals surface area contributed by atoms with E-state index in [0.29, 0.717) is 6.42 Å². The van der Waals surface area contributed by atoms with E-state index in [9.17, 15) is 29.1 Å². The summed E-state index contributed by atoms with van der Waals surface area (Å²) in [7, 11) is 0. The van der Waals surface area contributed by atoms with Crippen molar-refractivity contribution in [2.45, 2.75) is 76.5 Å². The van der Waals surface area contributed by atoms with Gasteiger partial charge in [0.2, 0.25) is 17.7 Å². The molecule has 0 bridgehead atoms. The van der Waals surface area contributed by atoms with Crippen molar-refractivity contribution in [1.82, 2.24) is 20.9 Å². The number of aromatic nitrogens is 1. The molecule has 2 aromatic rings. The Morgan fingerprint density at radius 1 is 0.907 bits per heavy atom. The van der Waals surface area contributed by atoms with E-state index in [1.807, 2.05) is 38.1 Å². The Hall–Kier alpha value is -4.66. The molecule has 4 atom stereocenters. The molecule has 0 spiro atoms. The third kappa shape index (κ3) is 11.6. The molecular weight excluding hydrogens is 560 g/mol. The van der Waals surface area contributed by atoms with Crippen LogP contribution in [0, 0.1) is 5.92 Å². The number of aliphatic imine (C=N–C) groups is 1. The molecule has 0 fully saturated rings. The number of fused-ring (bicyclic) bond motifs is 1. The number of carboxylic acids is 2. The van der Waals surface area contributed by atoms with E-state index in [1.54, 1.807) is 6.20 Å². The van der Waals surface area contributed by atoms with Crippen molar-refractivity contribution >= 4 is 46.5 Å². The molecule has 1 aromatic heterocycles. The van der Waals surface area contributed by atoms with E-state index in [2.05, 4.69) is 25.9 Å². The second kappa shape index (κ2) is 16.7. The quantitative estimate of drug-likeness (QED) is 0.0602. The number of nitrogens with two attached hydrogens (primary N) is 3. The number of carbonyl (C=O) groups excluding carboxylic acids is 3. The SMILES string of the molecule is CC(C)CC(NC(=O)C(Cc1c[nH]c2ccccc12)NC(=O)C(N)CCCN=C(N)N)C(=O)NC(CCC(=O)O)C(=O)O. The van der Waals surface area contributed by atoms with Gasteiger partial charge in [0, 0.05) is 36.5 Å². The summed E-state index contributed by atoms with van der Waals surface area (Å²) in [5, 5.41) is 26.9. The van der Waals surface area contributed by atoms with E-state index < -0.39 is 60.2 Å². The van der Waals surface area contributed by atoms with Crippen molar-refractivity contribution in [3.8, 4) is 0 Å². The number of carboxylic acid groups (broad SMARTS) is 2. The van der Waals surface area contributed by atoms with E-state index in [-0.39, 0.29) is 44.1 Å². The van der Waals surface area contributed by atoms with Crippen LogP contribution in [0.2, 0.25) is 0 Å². The van der Waals surface area contributed by atoms with Crippen LogP contribution in [0.4, 0.5) is 0 Å². The fourth-order valence-electron chi connectivity index (χ4n) is 4.43. The van der Waals surface area contributed by atoms with Gasteiger partial charge in [-0.3, -0.25) is 24.2 Å². The number of para-hydroxylation sites is 1. The topological polar surface area (TPSA) is 268 Å². The van der Waals surface area contributed by atoms with Crippen molar-refractivity contribution in [3.63, 3.8) is 0 Å². The number of aliphatic carboxylic acids is 2. The average Bonchev–Trinajstić information content (AvgIpc) is 3.34. The highest BCUT2D eigenvalue weighted by Crippen LogP contribution is 2.19. The van der Waals surface area contributed by atoms with E-state index in [0.717, 1.165) is 16.5 Å². The summed E-state index contributed by atoms with van der Waals surface area (Å²) in [5.41, 5.74) is 18.3. The Morgan fingerprint density at radius 2 is 1.53 bits per heavy atom. The highest BCUT2D eigenvalue weighted by molar-refractivity contribution is 5.95. The number of aromatic amines is 1. The van der Waals surface area contributed by atoms with Crippen LogP contribution in [0.3, 0.4) is 0 Å². The van der Waals surface area contributed by atoms with E-state index >= 15 is 0 Å². The molecule has 0 radical (unpaired) electrons. The molecule has 0 aliphatic rings. The summed E-state index contributed by atoms with van der Waals surface area (Å²) in [6.45, 7) is 3.91. The monoisotopic (exact) mass is 602 g/mol. The van der Waals surface area contributed by atoms with Gasteiger partial charge in [-0.1, -0.05) is 32.0 Å². The lowest BCUT2D eigenvalue weighted by atomic mass is 10.00. The second-order valence-corrected chi connectivity index (χ2v) is 10.7. The van der Waals surface area contributed by atoms with Crippen LogP contribution in [0.1, 0.15) is 51.5 Å². The number of hydrogen-bond donors (Lipinski definition) is 9. The third-order valence-corrected chi connectivity index (χ3v) is 6.64. The van der Waals surface area contributed by atoms with E-state index in [4.69, 9.17) is 22.3 Å². The summed E-state index contributed by atoms with van der Waals surface area (Å²) in [6, 6.07) is 2.70. The van der Waals surface area contributed by atoms with Gasteiger partial charge in [-0.05, 0) is 43.2 Å². The molecule has 15 heteroatoms. The summed E-state index contributed by atoms with van der Waals surface area (Å²) in [4.78, 5) is 69.4. The van der Waals surface area contributed by atoms with Gasteiger partial charge in [-0.25, -0.2) is 4.79 Å². The minimum absolute atomic E-state index is 0.0642. The van der Waals surface area contributed by atoms with Gasteiger partial charge in [0.05, 0.1) is 6.04 Å². The lowest BCUT2D eigenvalue weighted by Crippen LogP contribution is -2.57. The molecule has 0 aliphatic carbocycles. The van der Waals surface area contributed by atoms with Crippen LogP contribution in [-0.4, -0.2) is 81.5 Å². The fourth-order valence-corrected chi connectivity index (χ4v) is 4.43. The molecule has 0 aliphatic heterocycles. The maximum absolute atomic E-state index is 13.6. The van der Waals surface area contributed by atoms with Crippen LogP contribution >= 0.6 is 0 Å². The first-order chi connectivity index (χ1) is 20.3. The Labute approximate surface area is 249 Å². The highest BCUT2D eigenvalue weighted by Gasteiger charge is 2.31. The maximum atomic E-state index is 13.6. The van der Waals surface area contributed by atoms with Gasteiger partial charge >= 0.3 is 11.9 Å². The second-order valence-electron chi connectivity index (χ2n) is 10.7. The smallest absolute Gasteiger partial charge is 0.326 e. The summed E-state index contributed by atoms with van der Waals surface area (Å²) in [6.07, 6.45) is 1.81. The third-order valence-electron chi connectivity index (χ3n) is 6.64. The largest absolute Gasteiger partial charge is 0.481 e. The standard InChI is InChI=1S/C28H42N8O7/c1-15(2)12-21(25(40)34-20(27(42)43)9-10-23(37)38)36-26(41)22(13-16-14-33-19-8-4-3-6-17(16)19)35-24(39)18(29)7-5-11-32-28(30)31/h3-4,6,8,14-15,18,20-22,33H,5,7,9-13,29H2,1-2H3,(H,34,40)(H,35,39)(H,36,41)(H,37,38)(H,42,43)(H4,30,31,32). The van der Waals surface area contributed by atoms with Crippen molar-refractivity contribution < 1.29 is 34.2 Å². The van der Waals surface area contributed by atoms with E-state index in [1.165, 1.54) is 0 Å². The summed E-state index contributed by atoms with van der Waals surface area (Å²) >= 11 is 0. The number of rotatable bonds is 18. The maximum Gasteiger partial charge on any atom is 0.326 e. The number of H-pyrrole nitrogens is 1. The van der Waals surface area contributed by atoms with Crippen LogP contribution < -0.4 is 33.2 Å². The van der Waals surface area contributed by atoms with Gasteiger partial charge in [-0.15, -0.1) is 0 Å². The Balaban J connectivity index is 2.26. The molecular formula is C28H42N8O7. The Morgan fingerprint density at radius 3 is 2.16 bits per heavy atom. The summed E-state index contributed by atoms with van der Waals surface area (Å²) < 4.78 is 0. The van der Waals surface area contributed by atoms with Crippen molar-refractivity contribution in [2.24, 2.45) is 28.1 Å². The highest BCUT2D eigenvalue weighted by atomic mass is 16.4. The number of carbonyl (C=O) groups is 5. The number of nitrogens with one attached hydrogen (secondary N) is 4. The fraction of sp³-hybridized carbons (Fsp3) is 0.500. The van der Waals surface area contributed by atoms with Gasteiger partial charge < -0.3 is 48.3 Å². The normalized spacial score (nSPS) is 13.9. The number of nitrogens with zero attached hydrogens (tertiary/aromatic N) is 1. The van der Waals surface area contributed by atoms with Crippen molar-refractivity contribution in [1.29, 1.82) is 0 Å². The molecule has 2 rings (SSSR count). The number of amides is 3. The first-order valence-electron chi connectivity index (χ1n) is 14.0. The lowest BCUT2D eigenvalue weighted by molar-refractivity contribution is -0.143. The zero-order chi connectivity index (χ0) is 32.1. The van der Waals surface area contributed by atoms with Crippen LogP contribution in [0.15, 0.2) is 35.5 Å². The zero-order valence-electron chi connectivity index (χ0n) is 24.3. The minimum atomic E-state index is -1.46. The molecule has 0 saturated carbocycles. The minimum Gasteiger partial charge on any atom is -0.481 e. The predicted molar refractivity (Wildman–Crippen MR) is 160 cm³/mol. The number of benzene rings is 1. The average molecular weight is 603 g/mol. The molecule has 43 heavy (non-hydrogen) atoms. The molecule has 4 unspecified atom stereocenters. The van der Waals surface area contributed by atoms with Crippen LogP contribution in [0.25, 0.3) is 10.9 Å². The molecule has 3 amide bonds. The first-order valence-corrected chi connectivity index (χ1v) is 14.0. The molecule has 236 valence electrons. The van der Waals surface area contributed by atoms with Gasteiger partial charge in [0.1, 0.15) is 18.1 Å². The molecule has 0 saturated heterocycles. The molecule has 1 aromatic carbocycles. The Kier molecular flexibility index (Phi) is 13.4. The molecule has 15 nitrogen and oxygen atoms in total. The number of guanidine groups is 1. The number of hydrogen-bond acceptors (Lipinski definition) is 7. The first kappa shape index (κ1) is 34.5. The zero-order valence-corrected chi connectivity index (χ0v) is 24.3. The van der Waals surface area contributed by atoms with Gasteiger partial charge in [-0.2, -0.15) is 0 Å². The van der Waals surface area contributed by atoms with Gasteiger partial charge in [0.25, 0.3) is 0 Å². The van der Waals surface area contributed by atoms with Gasteiger partial charge in [0.15, 0.2) is 5.96 Å². The van der Waals surface area contributed by atoms with Crippen LogP contribution in [0.5, 0.6) is 0 Å². The lowest BCUT2D eigenvalue weighted by Gasteiger charge is -2.26. The molecule has 1 heterocycles.